The third-order valence-electron chi connectivity index (χ3n) is 2.65. The summed E-state index contributed by atoms with van der Waals surface area (Å²) in [5.74, 6) is -1.39. The number of aliphatic hydroxyl groups is 1. The average molecular weight is 269 g/mol. The number of nitrogens with zero attached hydrogens (tertiary/aromatic N) is 1. The third kappa shape index (κ3) is 2.91. The van der Waals surface area contributed by atoms with Gasteiger partial charge in [-0.05, 0) is 31.5 Å². The molecule has 1 N–H and O–H groups in total. The lowest BCUT2D eigenvalue weighted by molar-refractivity contribution is 0.0568. The van der Waals surface area contributed by atoms with Gasteiger partial charge in [-0.25, -0.2) is 13.8 Å². The maximum absolute atomic E-state index is 13.1. The molecule has 0 aliphatic rings. The number of hydrogen-bond acceptors (Lipinski definition) is 3. The molecule has 2 rings (SSSR count). The SMILES string of the molecule is Cc1csc(CC(C)(O)c2cc(F)cc(F)c2)n1. The van der Waals surface area contributed by atoms with E-state index < -0.39 is 17.2 Å². The summed E-state index contributed by atoms with van der Waals surface area (Å²) in [6, 6.07) is 3.07. The summed E-state index contributed by atoms with van der Waals surface area (Å²) in [5, 5.41) is 12.9. The Kier molecular flexibility index (Phi) is 3.45. The lowest BCUT2D eigenvalue weighted by Crippen LogP contribution is -2.24. The maximum atomic E-state index is 13.1. The van der Waals surface area contributed by atoms with Crippen LogP contribution in [-0.4, -0.2) is 10.1 Å². The largest absolute Gasteiger partial charge is 0.385 e. The van der Waals surface area contributed by atoms with Gasteiger partial charge in [-0.3, -0.25) is 0 Å². The molecule has 96 valence electrons. The first-order valence-electron chi connectivity index (χ1n) is 5.47. The van der Waals surface area contributed by atoms with Gasteiger partial charge < -0.3 is 5.11 Å². The minimum absolute atomic E-state index is 0.216. The van der Waals surface area contributed by atoms with E-state index in [2.05, 4.69) is 4.98 Å². The third-order valence-corrected chi connectivity index (χ3v) is 3.61. The van der Waals surface area contributed by atoms with Crippen LogP contribution in [0, 0.1) is 18.6 Å². The molecule has 0 bridgehead atoms. The smallest absolute Gasteiger partial charge is 0.126 e. The predicted octanol–water partition coefficient (Wildman–Crippen LogP) is 3.18. The number of rotatable bonds is 3. The van der Waals surface area contributed by atoms with Crippen LogP contribution in [0.4, 0.5) is 8.78 Å². The highest BCUT2D eigenvalue weighted by Gasteiger charge is 2.26. The summed E-state index contributed by atoms with van der Waals surface area (Å²) in [4.78, 5) is 4.24. The summed E-state index contributed by atoms with van der Waals surface area (Å²) in [6.45, 7) is 3.38. The fraction of sp³-hybridized carbons (Fsp3) is 0.308. The van der Waals surface area contributed by atoms with E-state index >= 15 is 0 Å². The monoisotopic (exact) mass is 269 g/mol. The van der Waals surface area contributed by atoms with Crippen LogP contribution in [0.5, 0.6) is 0 Å². The first-order chi connectivity index (χ1) is 8.37. The van der Waals surface area contributed by atoms with E-state index in [1.807, 2.05) is 12.3 Å². The minimum Gasteiger partial charge on any atom is -0.385 e. The molecule has 1 aromatic heterocycles. The van der Waals surface area contributed by atoms with Gasteiger partial charge >= 0.3 is 0 Å². The highest BCUT2D eigenvalue weighted by Crippen LogP contribution is 2.27. The molecule has 0 amide bonds. The number of hydrogen-bond donors (Lipinski definition) is 1. The number of aromatic nitrogens is 1. The maximum Gasteiger partial charge on any atom is 0.126 e. The molecule has 0 aliphatic carbocycles. The molecule has 0 saturated carbocycles. The molecule has 0 saturated heterocycles. The van der Waals surface area contributed by atoms with E-state index in [4.69, 9.17) is 0 Å². The van der Waals surface area contributed by atoms with Crippen molar-refractivity contribution in [2.24, 2.45) is 0 Å². The van der Waals surface area contributed by atoms with E-state index in [1.54, 1.807) is 0 Å². The van der Waals surface area contributed by atoms with Crippen LogP contribution < -0.4 is 0 Å². The Hall–Kier alpha value is -1.33. The highest BCUT2D eigenvalue weighted by molar-refractivity contribution is 7.09. The van der Waals surface area contributed by atoms with Crippen molar-refractivity contribution >= 4 is 11.3 Å². The number of aryl methyl sites for hydroxylation is 1. The van der Waals surface area contributed by atoms with Gasteiger partial charge in [0.15, 0.2) is 0 Å². The zero-order valence-electron chi connectivity index (χ0n) is 10.1. The van der Waals surface area contributed by atoms with E-state index in [0.717, 1.165) is 28.9 Å². The predicted molar refractivity (Wildman–Crippen MR) is 66.5 cm³/mol. The quantitative estimate of drug-likeness (QED) is 0.928. The van der Waals surface area contributed by atoms with Crippen molar-refractivity contribution in [3.63, 3.8) is 0 Å². The zero-order valence-corrected chi connectivity index (χ0v) is 10.9. The molecule has 0 aliphatic heterocycles. The van der Waals surface area contributed by atoms with E-state index in [-0.39, 0.29) is 12.0 Å². The Bertz CT molecular complexity index is 546. The summed E-state index contributed by atoms with van der Waals surface area (Å²) < 4.78 is 26.3. The van der Waals surface area contributed by atoms with E-state index in [9.17, 15) is 13.9 Å². The molecule has 1 unspecified atom stereocenters. The van der Waals surface area contributed by atoms with Crippen molar-refractivity contribution in [2.75, 3.05) is 0 Å². The summed E-state index contributed by atoms with van der Waals surface area (Å²) in [7, 11) is 0. The van der Waals surface area contributed by atoms with Crippen LogP contribution in [0.25, 0.3) is 0 Å². The molecule has 5 heteroatoms. The van der Waals surface area contributed by atoms with Gasteiger partial charge in [-0.2, -0.15) is 0 Å². The van der Waals surface area contributed by atoms with Crippen molar-refractivity contribution in [1.29, 1.82) is 0 Å². The van der Waals surface area contributed by atoms with Crippen LogP contribution in [0.15, 0.2) is 23.6 Å². The van der Waals surface area contributed by atoms with Crippen LogP contribution in [0.1, 0.15) is 23.2 Å². The van der Waals surface area contributed by atoms with Crippen molar-refractivity contribution in [3.8, 4) is 0 Å². The Labute approximate surface area is 108 Å². The number of benzene rings is 1. The van der Waals surface area contributed by atoms with Crippen LogP contribution in [0.3, 0.4) is 0 Å². The number of halogens is 2. The molecule has 0 fully saturated rings. The lowest BCUT2D eigenvalue weighted by Gasteiger charge is -2.22. The van der Waals surface area contributed by atoms with Gasteiger partial charge in [0.2, 0.25) is 0 Å². The van der Waals surface area contributed by atoms with Gasteiger partial charge in [0.05, 0.1) is 10.6 Å². The molecule has 0 radical (unpaired) electrons. The van der Waals surface area contributed by atoms with Crippen molar-refractivity contribution in [3.05, 3.63) is 51.5 Å². The van der Waals surface area contributed by atoms with Crippen LogP contribution in [0.2, 0.25) is 0 Å². The molecule has 1 aromatic carbocycles. The molecule has 18 heavy (non-hydrogen) atoms. The topological polar surface area (TPSA) is 33.1 Å². The van der Waals surface area contributed by atoms with Gasteiger partial charge in [0, 0.05) is 23.6 Å². The minimum atomic E-state index is -1.34. The van der Waals surface area contributed by atoms with E-state index in [0.29, 0.717) is 0 Å². The standard InChI is InChI=1S/C13H13F2NOS/c1-8-7-18-12(16-8)6-13(2,17)9-3-10(14)5-11(15)4-9/h3-5,7,17H,6H2,1-2H3. The second-order valence-electron chi connectivity index (χ2n) is 4.49. The Balaban J connectivity index is 2.29. The first kappa shape index (κ1) is 13.1. The molecular formula is C13H13F2NOS. The zero-order chi connectivity index (χ0) is 13.3. The first-order valence-corrected chi connectivity index (χ1v) is 6.35. The molecular weight excluding hydrogens is 256 g/mol. The molecule has 1 atom stereocenters. The summed E-state index contributed by atoms with van der Waals surface area (Å²) in [5.41, 5.74) is -0.253. The van der Waals surface area contributed by atoms with Gasteiger partial charge in [0.1, 0.15) is 11.6 Å². The summed E-state index contributed by atoms with van der Waals surface area (Å²) >= 11 is 1.42. The Morgan fingerprint density at radius 2 is 1.89 bits per heavy atom. The molecule has 2 aromatic rings. The Morgan fingerprint density at radius 1 is 1.28 bits per heavy atom. The van der Waals surface area contributed by atoms with Gasteiger partial charge in [0.25, 0.3) is 0 Å². The van der Waals surface area contributed by atoms with Crippen molar-refractivity contribution in [2.45, 2.75) is 25.9 Å². The average Bonchev–Trinajstić information content (AvgIpc) is 2.61. The van der Waals surface area contributed by atoms with Crippen molar-refractivity contribution < 1.29 is 13.9 Å². The fourth-order valence-electron chi connectivity index (χ4n) is 1.75. The van der Waals surface area contributed by atoms with Gasteiger partial charge in [-0.1, -0.05) is 0 Å². The molecule has 0 spiro atoms. The molecule has 1 heterocycles. The second-order valence-corrected chi connectivity index (χ2v) is 5.43. The highest BCUT2D eigenvalue weighted by atomic mass is 32.1. The molecule has 2 nitrogen and oxygen atoms in total. The Morgan fingerprint density at radius 3 is 2.39 bits per heavy atom. The second kappa shape index (κ2) is 4.74. The van der Waals surface area contributed by atoms with Crippen LogP contribution in [-0.2, 0) is 12.0 Å². The van der Waals surface area contributed by atoms with E-state index in [1.165, 1.54) is 18.3 Å². The summed E-state index contributed by atoms with van der Waals surface area (Å²) in [6.07, 6.45) is 0.231. The van der Waals surface area contributed by atoms with Crippen molar-refractivity contribution in [1.82, 2.24) is 4.98 Å². The van der Waals surface area contributed by atoms with Gasteiger partial charge in [-0.15, -0.1) is 11.3 Å². The van der Waals surface area contributed by atoms with Crippen LogP contribution >= 0.6 is 11.3 Å². The lowest BCUT2D eigenvalue weighted by atomic mass is 9.92. The normalized spacial score (nSPS) is 14.5. The fourth-order valence-corrected chi connectivity index (χ4v) is 2.67. The number of thiazole rings is 1.